The van der Waals surface area contributed by atoms with Crippen molar-refractivity contribution in [3.05, 3.63) is 0 Å². The molecule has 0 bridgehead atoms. The van der Waals surface area contributed by atoms with E-state index in [1.807, 2.05) is 0 Å². The lowest BCUT2D eigenvalue weighted by atomic mass is 9.98. The topological polar surface area (TPSA) is 49.8 Å². The summed E-state index contributed by atoms with van der Waals surface area (Å²) in [5.74, 6) is 0. The van der Waals surface area contributed by atoms with Gasteiger partial charge in [0.25, 0.3) is 0 Å². The average molecular weight is 145 g/mol. The second kappa shape index (κ2) is 2.12. The molecule has 0 aromatic carbocycles. The van der Waals surface area contributed by atoms with Crippen LogP contribution in [0.3, 0.4) is 0 Å². The number of amides is 1. The molecule has 0 atom stereocenters. The largest absolute Gasteiger partial charge is 0.453 e. The van der Waals surface area contributed by atoms with E-state index in [4.69, 9.17) is 0 Å². The fourth-order valence-corrected chi connectivity index (χ4v) is 1.03. The van der Waals surface area contributed by atoms with Crippen LogP contribution in [0.2, 0.25) is 0 Å². The zero-order valence-electron chi connectivity index (χ0n) is 6.13. The first-order chi connectivity index (χ1) is 4.55. The van der Waals surface area contributed by atoms with Gasteiger partial charge in [0, 0.05) is 0 Å². The van der Waals surface area contributed by atoms with E-state index in [9.17, 15) is 9.90 Å². The van der Waals surface area contributed by atoms with Crippen molar-refractivity contribution >= 4 is 6.09 Å². The number of ether oxygens (including phenoxy) is 1. The minimum absolute atomic E-state index is 0.369. The van der Waals surface area contributed by atoms with Gasteiger partial charge in [0.2, 0.25) is 0 Å². The fraction of sp³-hybridized carbons (Fsp3) is 0.833. The Morgan fingerprint density at radius 2 is 2.20 bits per heavy atom. The number of methoxy groups -OCH3 is 1. The van der Waals surface area contributed by atoms with Crippen molar-refractivity contribution in [2.45, 2.75) is 12.5 Å². The van der Waals surface area contributed by atoms with Gasteiger partial charge in [-0.25, -0.2) is 4.79 Å². The highest BCUT2D eigenvalue weighted by Crippen LogP contribution is 2.19. The molecule has 10 heavy (non-hydrogen) atoms. The molecule has 0 aromatic heterocycles. The Hall–Kier alpha value is -0.770. The molecule has 1 saturated heterocycles. The van der Waals surface area contributed by atoms with E-state index in [0.717, 1.165) is 0 Å². The number of carbonyl (C=O) groups excluding carboxylic acids is 1. The molecule has 0 aromatic rings. The monoisotopic (exact) mass is 145 g/mol. The summed E-state index contributed by atoms with van der Waals surface area (Å²) in [6, 6.07) is 0. The van der Waals surface area contributed by atoms with E-state index in [2.05, 4.69) is 4.74 Å². The molecule has 1 amide bonds. The molecule has 1 heterocycles. The predicted molar refractivity (Wildman–Crippen MR) is 34.6 cm³/mol. The molecule has 4 nitrogen and oxygen atoms in total. The van der Waals surface area contributed by atoms with E-state index in [1.54, 1.807) is 6.92 Å². The lowest BCUT2D eigenvalue weighted by Gasteiger charge is -2.42. The first kappa shape index (κ1) is 7.34. The van der Waals surface area contributed by atoms with Crippen LogP contribution in [0.15, 0.2) is 0 Å². The molecule has 0 radical (unpaired) electrons. The van der Waals surface area contributed by atoms with Crippen LogP contribution in [0.25, 0.3) is 0 Å². The quantitative estimate of drug-likeness (QED) is 0.514. The number of nitrogens with zero attached hydrogens (tertiary/aromatic N) is 1. The molecule has 1 rings (SSSR count). The zero-order valence-corrected chi connectivity index (χ0v) is 6.13. The first-order valence-corrected chi connectivity index (χ1v) is 3.10. The Kier molecular flexibility index (Phi) is 1.56. The maximum Gasteiger partial charge on any atom is 0.409 e. The molecular weight excluding hydrogens is 134 g/mol. The molecule has 0 unspecified atom stereocenters. The second-order valence-corrected chi connectivity index (χ2v) is 2.82. The zero-order chi connectivity index (χ0) is 7.78. The highest BCUT2D eigenvalue weighted by atomic mass is 16.5. The Morgan fingerprint density at radius 3 is 2.50 bits per heavy atom. The molecular formula is C6H11NO3. The summed E-state index contributed by atoms with van der Waals surface area (Å²) in [5.41, 5.74) is -0.700. The molecule has 1 N–H and O–H groups in total. The van der Waals surface area contributed by atoms with Gasteiger partial charge in [-0.1, -0.05) is 0 Å². The normalized spacial score (nSPS) is 21.7. The van der Waals surface area contributed by atoms with E-state index < -0.39 is 5.60 Å². The minimum atomic E-state index is -0.700. The highest BCUT2D eigenvalue weighted by Gasteiger charge is 2.39. The molecule has 0 aliphatic carbocycles. The van der Waals surface area contributed by atoms with Crippen LogP contribution in [0.5, 0.6) is 0 Å². The molecule has 1 aliphatic rings. The summed E-state index contributed by atoms with van der Waals surface area (Å²) >= 11 is 0. The predicted octanol–water partition coefficient (Wildman–Crippen LogP) is -0.181. The van der Waals surface area contributed by atoms with Gasteiger partial charge in [-0.15, -0.1) is 0 Å². The Bertz CT molecular complexity index is 147. The van der Waals surface area contributed by atoms with Gasteiger partial charge in [0.1, 0.15) is 0 Å². The summed E-state index contributed by atoms with van der Waals surface area (Å²) in [4.78, 5) is 12.1. The fourth-order valence-electron chi connectivity index (χ4n) is 1.03. The Labute approximate surface area is 59.4 Å². The van der Waals surface area contributed by atoms with Crippen LogP contribution in [0, 0.1) is 0 Å². The summed E-state index contributed by atoms with van der Waals surface area (Å²) in [5, 5.41) is 9.18. The van der Waals surface area contributed by atoms with Crippen LogP contribution in [0.1, 0.15) is 6.92 Å². The van der Waals surface area contributed by atoms with E-state index in [0.29, 0.717) is 13.1 Å². The van der Waals surface area contributed by atoms with Gasteiger partial charge < -0.3 is 14.7 Å². The number of aliphatic hydroxyl groups is 1. The van der Waals surface area contributed by atoms with Crippen molar-refractivity contribution in [1.29, 1.82) is 0 Å². The molecule has 0 spiro atoms. The summed E-state index contributed by atoms with van der Waals surface area (Å²) < 4.78 is 4.42. The summed E-state index contributed by atoms with van der Waals surface area (Å²) in [7, 11) is 1.33. The molecule has 1 aliphatic heterocycles. The van der Waals surface area contributed by atoms with Crippen molar-refractivity contribution in [3.8, 4) is 0 Å². The van der Waals surface area contributed by atoms with Crippen molar-refractivity contribution in [2.75, 3.05) is 20.2 Å². The van der Waals surface area contributed by atoms with Crippen LogP contribution < -0.4 is 0 Å². The van der Waals surface area contributed by atoms with Gasteiger partial charge in [0.15, 0.2) is 0 Å². The second-order valence-electron chi connectivity index (χ2n) is 2.82. The first-order valence-electron chi connectivity index (χ1n) is 3.10. The standard InChI is InChI=1S/C6H11NO3/c1-6(9)3-7(4-6)5(8)10-2/h9H,3-4H2,1-2H3. The third kappa shape index (κ3) is 1.21. The Balaban J connectivity index is 2.33. The molecule has 1 fully saturated rings. The van der Waals surface area contributed by atoms with Crippen LogP contribution >= 0.6 is 0 Å². The van der Waals surface area contributed by atoms with Gasteiger partial charge in [0.05, 0.1) is 25.8 Å². The minimum Gasteiger partial charge on any atom is -0.453 e. The van der Waals surface area contributed by atoms with Crippen molar-refractivity contribution < 1.29 is 14.6 Å². The van der Waals surface area contributed by atoms with Gasteiger partial charge >= 0.3 is 6.09 Å². The average Bonchev–Trinajstić information content (AvgIpc) is 1.81. The number of β-amino-alcohol motifs (C(OH)–C–C–N with tert-alkyl or cyclic N) is 1. The molecule has 0 saturated carbocycles. The summed E-state index contributed by atoms with van der Waals surface area (Å²) in [6.45, 7) is 2.44. The van der Waals surface area contributed by atoms with Crippen LogP contribution in [0.4, 0.5) is 4.79 Å². The number of rotatable bonds is 0. The van der Waals surface area contributed by atoms with E-state index in [1.165, 1.54) is 12.0 Å². The van der Waals surface area contributed by atoms with Gasteiger partial charge in [-0.05, 0) is 6.92 Å². The van der Waals surface area contributed by atoms with Crippen molar-refractivity contribution in [3.63, 3.8) is 0 Å². The van der Waals surface area contributed by atoms with Gasteiger partial charge in [-0.3, -0.25) is 0 Å². The van der Waals surface area contributed by atoms with Crippen LogP contribution in [-0.2, 0) is 4.74 Å². The Morgan fingerprint density at radius 1 is 1.70 bits per heavy atom. The number of likely N-dealkylation sites (tertiary alicyclic amines) is 1. The number of hydrogen-bond acceptors (Lipinski definition) is 3. The highest BCUT2D eigenvalue weighted by molar-refractivity contribution is 5.68. The van der Waals surface area contributed by atoms with E-state index in [-0.39, 0.29) is 6.09 Å². The third-order valence-corrected chi connectivity index (χ3v) is 1.50. The maximum absolute atomic E-state index is 10.7. The number of hydrogen-bond donors (Lipinski definition) is 1. The van der Waals surface area contributed by atoms with Crippen molar-refractivity contribution in [1.82, 2.24) is 4.90 Å². The van der Waals surface area contributed by atoms with Crippen molar-refractivity contribution in [2.24, 2.45) is 0 Å². The molecule has 58 valence electrons. The maximum atomic E-state index is 10.7. The summed E-state index contributed by atoms with van der Waals surface area (Å²) in [6.07, 6.45) is -0.369. The van der Waals surface area contributed by atoms with Crippen LogP contribution in [-0.4, -0.2) is 41.9 Å². The lowest BCUT2D eigenvalue weighted by Crippen LogP contribution is -2.61. The smallest absolute Gasteiger partial charge is 0.409 e. The third-order valence-electron chi connectivity index (χ3n) is 1.50. The van der Waals surface area contributed by atoms with Gasteiger partial charge in [-0.2, -0.15) is 0 Å². The SMILES string of the molecule is COC(=O)N1CC(C)(O)C1. The lowest BCUT2D eigenvalue weighted by molar-refractivity contribution is -0.0725. The molecule has 4 heteroatoms. The van der Waals surface area contributed by atoms with E-state index >= 15 is 0 Å². The number of carbonyl (C=O) groups is 1.